The number of anilines is 1. The van der Waals surface area contributed by atoms with Gasteiger partial charge in [0.2, 0.25) is 0 Å². The zero-order chi connectivity index (χ0) is 17.9. The minimum atomic E-state index is 0.753. The first-order valence-electron chi connectivity index (χ1n) is 8.40. The molecule has 0 atom stereocenters. The van der Waals surface area contributed by atoms with Gasteiger partial charge in [-0.2, -0.15) is 0 Å². The molecule has 0 bridgehead atoms. The highest BCUT2D eigenvalue weighted by Gasteiger charge is 2.11. The third kappa shape index (κ3) is 3.03. The van der Waals surface area contributed by atoms with Crippen molar-refractivity contribution in [1.82, 2.24) is 14.4 Å². The second-order valence-corrected chi connectivity index (χ2v) is 6.15. The second kappa shape index (κ2) is 6.73. The van der Waals surface area contributed by atoms with E-state index < -0.39 is 0 Å². The Morgan fingerprint density at radius 3 is 2.42 bits per heavy atom. The molecule has 0 unspecified atom stereocenters. The summed E-state index contributed by atoms with van der Waals surface area (Å²) in [5.74, 6) is 7.24. The van der Waals surface area contributed by atoms with Gasteiger partial charge in [-0.25, -0.2) is 4.98 Å². The van der Waals surface area contributed by atoms with Gasteiger partial charge in [-0.3, -0.25) is 9.38 Å². The Morgan fingerprint density at radius 1 is 0.885 bits per heavy atom. The molecule has 4 rings (SSSR count). The first kappa shape index (κ1) is 15.9. The molecule has 0 aliphatic rings. The molecule has 0 saturated carbocycles. The number of hydrogen-bond acceptors (Lipinski definition) is 3. The Bertz CT molecular complexity index is 1100. The van der Waals surface area contributed by atoms with E-state index >= 15 is 0 Å². The Morgan fingerprint density at radius 2 is 1.69 bits per heavy atom. The van der Waals surface area contributed by atoms with Gasteiger partial charge in [0.1, 0.15) is 11.4 Å². The Labute approximate surface area is 152 Å². The van der Waals surface area contributed by atoms with E-state index in [1.165, 1.54) is 0 Å². The molecular formula is C22H18N4. The van der Waals surface area contributed by atoms with Crippen LogP contribution >= 0.6 is 0 Å². The molecular weight excluding hydrogens is 320 g/mol. The summed E-state index contributed by atoms with van der Waals surface area (Å²) in [6.07, 6.45) is 3.76. The Balaban J connectivity index is 1.76. The molecule has 0 amide bonds. The van der Waals surface area contributed by atoms with Crippen LogP contribution in [-0.2, 0) is 0 Å². The van der Waals surface area contributed by atoms with Crippen LogP contribution in [0.25, 0.3) is 17.0 Å². The number of rotatable bonds is 2. The zero-order valence-electron chi connectivity index (χ0n) is 14.7. The molecule has 1 aromatic carbocycles. The average molecular weight is 338 g/mol. The molecule has 3 aromatic heterocycles. The minimum Gasteiger partial charge on any atom is -0.378 e. The van der Waals surface area contributed by atoms with E-state index in [0.29, 0.717) is 0 Å². The summed E-state index contributed by atoms with van der Waals surface area (Å²) in [4.78, 5) is 11.2. The summed E-state index contributed by atoms with van der Waals surface area (Å²) in [7, 11) is 4.05. The summed E-state index contributed by atoms with van der Waals surface area (Å²) in [5.41, 5.74) is 4.68. The van der Waals surface area contributed by atoms with Gasteiger partial charge in [-0.05, 0) is 54.5 Å². The van der Waals surface area contributed by atoms with Gasteiger partial charge in [0.15, 0.2) is 5.82 Å². The van der Waals surface area contributed by atoms with Crippen molar-refractivity contribution in [2.75, 3.05) is 19.0 Å². The minimum absolute atomic E-state index is 0.753. The van der Waals surface area contributed by atoms with E-state index in [1.807, 2.05) is 73.2 Å². The third-order valence-corrected chi connectivity index (χ3v) is 4.15. The Hall–Kier alpha value is -3.58. The number of imidazole rings is 1. The molecule has 4 heteroatoms. The molecule has 0 spiro atoms. The van der Waals surface area contributed by atoms with Crippen LogP contribution in [0.2, 0.25) is 0 Å². The summed E-state index contributed by atoms with van der Waals surface area (Å²) >= 11 is 0. The smallest absolute Gasteiger partial charge is 0.164 e. The van der Waals surface area contributed by atoms with Crippen molar-refractivity contribution in [2.45, 2.75) is 0 Å². The third-order valence-electron chi connectivity index (χ3n) is 4.15. The lowest BCUT2D eigenvalue weighted by Crippen LogP contribution is -2.07. The fourth-order valence-corrected chi connectivity index (χ4v) is 2.78. The fourth-order valence-electron chi connectivity index (χ4n) is 2.78. The molecule has 0 aliphatic heterocycles. The SMILES string of the molecule is CN(C)c1ccc(C#Cc2nc(-c3ccccn3)n3ccccc23)cc1. The van der Waals surface area contributed by atoms with E-state index in [2.05, 4.69) is 33.9 Å². The van der Waals surface area contributed by atoms with Gasteiger partial charge in [-0.1, -0.05) is 18.1 Å². The number of nitrogens with zero attached hydrogens (tertiary/aromatic N) is 4. The number of benzene rings is 1. The molecule has 3 heterocycles. The predicted octanol–water partition coefficient (Wildman–Crippen LogP) is 3.86. The molecule has 0 N–H and O–H groups in total. The van der Waals surface area contributed by atoms with E-state index in [0.717, 1.165) is 34.0 Å². The maximum Gasteiger partial charge on any atom is 0.164 e. The van der Waals surface area contributed by atoms with Gasteiger partial charge < -0.3 is 4.90 Å². The van der Waals surface area contributed by atoms with Crippen molar-refractivity contribution >= 4 is 11.2 Å². The van der Waals surface area contributed by atoms with Crippen LogP contribution in [0.4, 0.5) is 5.69 Å². The van der Waals surface area contributed by atoms with Gasteiger partial charge in [0.25, 0.3) is 0 Å². The molecule has 26 heavy (non-hydrogen) atoms. The average Bonchev–Trinajstić information content (AvgIpc) is 3.06. The summed E-state index contributed by atoms with van der Waals surface area (Å²) in [6.45, 7) is 0. The highest BCUT2D eigenvalue weighted by molar-refractivity contribution is 5.68. The zero-order valence-corrected chi connectivity index (χ0v) is 14.7. The Kier molecular flexibility index (Phi) is 4.12. The monoisotopic (exact) mass is 338 g/mol. The largest absolute Gasteiger partial charge is 0.378 e. The summed E-state index contributed by atoms with van der Waals surface area (Å²) < 4.78 is 2.03. The van der Waals surface area contributed by atoms with Crippen molar-refractivity contribution in [3.8, 4) is 23.4 Å². The van der Waals surface area contributed by atoms with Gasteiger partial charge >= 0.3 is 0 Å². The summed E-state index contributed by atoms with van der Waals surface area (Å²) in [6, 6.07) is 20.0. The van der Waals surface area contributed by atoms with Crippen LogP contribution in [0.3, 0.4) is 0 Å². The van der Waals surface area contributed by atoms with Crippen molar-refractivity contribution < 1.29 is 0 Å². The van der Waals surface area contributed by atoms with Crippen LogP contribution in [0.5, 0.6) is 0 Å². The lowest BCUT2D eigenvalue weighted by Gasteiger charge is -2.11. The summed E-state index contributed by atoms with van der Waals surface area (Å²) in [5, 5.41) is 0. The van der Waals surface area contributed by atoms with Crippen molar-refractivity contribution in [3.05, 3.63) is 84.3 Å². The van der Waals surface area contributed by atoms with Crippen molar-refractivity contribution in [2.24, 2.45) is 0 Å². The van der Waals surface area contributed by atoms with Crippen LogP contribution in [0, 0.1) is 11.8 Å². The lowest BCUT2D eigenvalue weighted by atomic mass is 10.2. The number of aromatic nitrogens is 3. The van der Waals surface area contributed by atoms with Gasteiger partial charge in [0.05, 0.1) is 5.52 Å². The van der Waals surface area contributed by atoms with Crippen LogP contribution in [0.15, 0.2) is 73.1 Å². The normalized spacial score (nSPS) is 10.4. The topological polar surface area (TPSA) is 33.4 Å². The quantitative estimate of drug-likeness (QED) is 0.520. The van der Waals surface area contributed by atoms with E-state index in [1.54, 1.807) is 6.20 Å². The van der Waals surface area contributed by atoms with E-state index in [4.69, 9.17) is 4.98 Å². The molecule has 126 valence electrons. The van der Waals surface area contributed by atoms with E-state index in [-0.39, 0.29) is 0 Å². The number of hydrogen-bond donors (Lipinski definition) is 0. The van der Waals surface area contributed by atoms with Crippen molar-refractivity contribution in [3.63, 3.8) is 0 Å². The van der Waals surface area contributed by atoms with E-state index in [9.17, 15) is 0 Å². The van der Waals surface area contributed by atoms with Gasteiger partial charge in [0, 0.05) is 37.7 Å². The molecule has 0 radical (unpaired) electrons. The van der Waals surface area contributed by atoms with Gasteiger partial charge in [-0.15, -0.1) is 0 Å². The van der Waals surface area contributed by atoms with Crippen LogP contribution in [-0.4, -0.2) is 28.5 Å². The van der Waals surface area contributed by atoms with Crippen LogP contribution in [0.1, 0.15) is 11.3 Å². The highest BCUT2D eigenvalue weighted by Crippen LogP contribution is 2.20. The van der Waals surface area contributed by atoms with Crippen LogP contribution < -0.4 is 4.90 Å². The number of pyridine rings is 2. The second-order valence-electron chi connectivity index (χ2n) is 6.15. The standard InChI is InChI=1S/C22H18N4/c1-25(2)18-12-9-17(10-13-18)11-14-19-21-8-4-6-16-26(21)22(24-19)20-7-3-5-15-23-20/h3-10,12-13,15-16H,1-2H3. The first-order valence-corrected chi connectivity index (χ1v) is 8.40. The first-order chi connectivity index (χ1) is 12.7. The molecule has 4 aromatic rings. The molecule has 0 aliphatic carbocycles. The molecule has 0 saturated heterocycles. The fraction of sp³-hybridized carbons (Fsp3) is 0.0909. The highest BCUT2D eigenvalue weighted by atomic mass is 15.1. The maximum atomic E-state index is 4.74. The molecule has 0 fully saturated rings. The molecule has 4 nitrogen and oxygen atoms in total. The number of fused-ring (bicyclic) bond motifs is 1. The predicted molar refractivity (Wildman–Crippen MR) is 105 cm³/mol. The lowest BCUT2D eigenvalue weighted by molar-refractivity contribution is 1.13. The maximum absolute atomic E-state index is 4.74. The van der Waals surface area contributed by atoms with Crippen molar-refractivity contribution in [1.29, 1.82) is 0 Å².